The van der Waals surface area contributed by atoms with Crippen molar-refractivity contribution in [2.45, 2.75) is 20.8 Å². The predicted molar refractivity (Wildman–Crippen MR) is 47.7 cm³/mol. The highest BCUT2D eigenvalue weighted by Gasteiger charge is 2.28. The Kier molecular flexibility index (Phi) is 2.08. The minimum Gasteiger partial charge on any atom is -0.332 e. The minimum absolute atomic E-state index is 0.0550. The first-order chi connectivity index (χ1) is 5.41. The Bertz CT molecular complexity index is 227. The average molecular weight is 169 g/mol. The van der Waals surface area contributed by atoms with Crippen molar-refractivity contribution in [1.29, 1.82) is 0 Å². The first kappa shape index (κ1) is 9.03. The summed E-state index contributed by atoms with van der Waals surface area (Å²) in [5.41, 5.74) is 0.412. The number of nitrogens with one attached hydrogen (secondary N) is 1. The second-order valence-corrected chi connectivity index (χ2v) is 4.02. The van der Waals surface area contributed by atoms with E-state index in [2.05, 4.69) is 10.4 Å². The van der Waals surface area contributed by atoms with Crippen molar-refractivity contribution in [3.8, 4) is 0 Å². The van der Waals surface area contributed by atoms with Crippen LogP contribution in [0.3, 0.4) is 0 Å². The van der Waals surface area contributed by atoms with Crippen LogP contribution in [0.15, 0.2) is 5.10 Å². The summed E-state index contributed by atoms with van der Waals surface area (Å²) in [7, 11) is 1.84. The second kappa shape index (κ2) is 2.77. The molecule has 4 heteroatoms. The summed E-state index contributed by atoms with van der Waals surface area (Å²) in [4.78, 5) is 11.3. The molecule has 0 aromatic heterocycles. The Hall–Kier alpha value is -1.06. The fourth-order valence-corrected chi connectivity index (χ4v) is 1.01. The van der Waals surface area contributed by atoms with Gasteiger partial charge in [0.15, 0.2) is 0 Å². The third-order valence-electron chi connectivity index (χ3n) is 1.66. The Morgan fingerprint density at radius 1 is 1.50 bits per heavy atom. The van der Waals surface area contributed by atoms with Gasteiger partial charge >= 0.3 is 0 Å². The molecule has 0 bridgehead atoms. The van der Waals surface area contributed by atoms with Crippen molar-refractivity contribution in [3.05, 3.63) is 0 Å². The van der Waals surface area contributed by atoms with E-state index in [-0.39, 0.29) is 11.3 Å². The van der Waals surface area contributed by atoms with Crippen molar-refractivity contribution in [2.75, 3.05) is 13.7 Å². The quantitative estimate of drug-likeness (QED) is 0.570. The Morgan fingerprint density at radius 3 is 2.50 bits per heavy atom. The maximum absolute atomic E-state index is 11.3. The van der Waals surface area contributed by atoms with Gasteiger partial charge in [0.25, 0.3) is 5.91 Å². The molecular formula is C8H15N3O. The Labute approximate surface area is 72.6 Å². The van der Waals surface area contributed by atoms with E-state index in [4.69, 9.17) is 0 Å². The van der Waals surface area contributed by atoms with Crippen LogP contribution >= 0.6 is 0 Å². The largest absolute Gasteiger partial charge is 0.332 e. The maximum atomic E-state index is 11.3. The summed E-state index contributed by atoms with van der Waals surface area (Å²) >= 11 is 0. The lowest BCUT2D eigenvalue weighted by Crippen LogP contribution is -2.47. The van der Waals surface area contributed by atoms with E-state index in [1.807, 2.05) is 27.8 Å². The van der Waals surface area contributed by atoms with E-state index in [9.17, 15) is 4.79 Å². The van der Waals surface area contributed by atoms with E-state index >= 15 is 0 Å². The van der Waals surface area contributed by atoms with Crippen LogP contribution in [0, 0.1) is 5.41 Å². The second-order valence-electron chi connectivity index (χ2n) is 4.02. The lowest BCUT2D eigenvalue weighted by molar-refractivity contribution is -0.116. The van der Waals surface area contributed by atoms with E-state index in [1.54, 1.807) is 5.01 Å². The van der Waals surface area contributed by atoms with E-state index in [0.29, 0.717) is 12.4 Å². The molecule has 0 aliphatic carbocycles. The number of hydrogen-bond donors (Lipinski definition) is 1. The number of nitrogens with zero attached hydrogens (tertiary/aromatic N) is 2. The van der Waals surface area contributed by atoms with Gasteiger partial charge in [-0.05, 0) is 0 Å². The molecule has 0 atom stereocenters. The molecular weight excluding hydrogens is 154 g/mol. The van der Waals surface area contributed by atoms with Crippen LogP contribution in [0.2, 0.25) is 0 Å². The number of amides is 1. The molecule has 1 aliphatic rings. The summed E-state index contributed by atoms with van der Waals surface area (Å²) in [6.45, 7) is 6.43. The van der Waals surface area contributed by atoms with Crippen molar-refractivity contribution in [3.63, 3.8) is 0 Å². The van der Waals surface area contributed by atoms with E-state index < -0.39 is 0 Å². The fraction of sp³-hybridized carbons (Fsp3) is 0.750. The van der Waals surface area contributed by atoms with Crippen LogP contribution in [0.4, 0.5) is 0 Å². The fourth-order valence-electron chi connectivity index (χ4n) is 1.01. The van der Waals surface area contributed by atoms with Crippen LogP contribution < -0.4 is 5.32 Å². The first-order valence-corrected chi connectivity index (χ1v) is 3.99. The van der Waals surface area contributed by atoms with Gasteiger partial charge in [-0.1, -0.05) is 20.8 Å². The maximum Gasteiger partial charge on any atom is 0.269 e. The smallest absolute Gasteiger partial charge is 0.269 e. The molecule has 68 valence electrons. The van der Waals surface area contributed by atoms with Crippen LogP contribution in [-0.4, -0.2) is 30.3 Å². The zero-order valence-electron chi connectivity index (χ0n) is 8.01. The van der Waals surface area contributed by atoms with Crippen molar-refractivity contribution in [2.24, 2.45) is 10.5 Å². The normalized spacial score (nSPS) is 18.8. The van der Waals surface area contributed by atoms with Crippen LogP contribution in [0.25, 0.3) is 0 Å². The highest BCUT2D eigenvalue weighted by Crippen LogP contribution is 2.17. The molecule has 4 nitrogen and oxygen atoms in total. The summed E-state index contributed by atoms with van der Waals surface area (Å²) in [6, 6.07) is 0. The van der Waals surface area contributed by atoms with Gasteiger partial charge in [-0.15, -0.1) is 0 Å². The minimum atomic E-state index is -0.182. The number of hydrogen-bond acceptors (Lipinski definition) is 3. The molecule has 0 unspecified atom stereocenters. The number of hydrazone groups is 1. The SMILES string of the molecule is CN1CNC(=O)C(C(C)(C)C)=N1. The predicted octanol–water partition coefficient (Wildman–Crippen LogP) is 0.408. The monoisotopic (exact) mass is 169 g/mol. The summed E-state index contributed by atoms with van der Waals surface area (Å²) in [6.07, 6.45) is 0. The lowest BCUT2D eigenvalue weighted by Gasteiger charge is -2.28. The third kappa shape index (κ3) is 1.75. The molecule has 1 aliphatic heterocycles. The van der Waals surface area contributed by atoms with Crippen molar-refractivity contribution in [1.82, 2.24) is 10.3 Å². The average Bonchev–Trinajstić information content (AvgIpc) is 1.92. The molecule has 0 fully saturated rings. The number of carbonyl (C=O) groups is 1. The molecule has 0 radical (unpaired) electrons. The van der Waals surface area contributed by atoms with Gasteiger partial charge in [-0.3, -0.25) is 9.80 Å². The highest BCUT2D eigenvalue weighted by atomic mass is 16.2. The molecule has 0 aromatic rings. The van der Waals surface area contributed by atoms with E-state index in [1.165, 1.54) is 0 Å². The van der Waals surface area contributed by atoms with Gasteiger partial charge in [-0.25, -0.2) is 0 Å². The van der Waals surface area contributed by atoms with Gasteiger partial charge in [-0.2, -0.15) is 5.10 Å². The summed E-state index contributed by atoms with van der Waals surface area (Å²) in [5, 5.41) is 8.64. The summed E-state index contributed by atoms with van der Waals surface area (Å²) < 4.78 is 0. The molecule has 12 heavy (non-hydrogen) atoms. The molecule has 1 heterocycles. The Balaban J connectivity index is 2.93. The van der Waals surface area contributed by atoms with Crippen LogP contribution in [-0.2, 0) is 4.79 Å². The number of rotatable bonds is 0. The Morgan fingerprint density at radius 2 is 2.08 bits per heavy atom. The van der Waals surface area contributed by atoms with Crippen LogP contribution in [0.5, 0.6) is 0 Å². The lowest BCUT2D eigenvalue weighted by atomic mass is 9.89. The third-order valence-corrected chi connectivity index (χ3v) is 1.66. The van der Waals surface area contributed by atoms with Crippen molar-refractivity contribution < 1.29 is 4.79 Å². The first-order valence-electron chi connectivity index (χ1n) is 3.99. The zero-order chi connectivity index (χ0) is 9.35. The molecule has 0 saturated heterocycles. The molecule has 0 saturated carbocycles. The highest BCUT2D eigenvalue weighted by molar-refractivity contribution is 6.40. The summed E-state index contributed by atoms with van der Waals surface area (Å²) in [5.74, 6) is -0.0550. The van der Waals surface area contributed by atoms with E-state index in [0.717, 1.165) is 0 Å². The molecule has 1 rings (SSSR count). The molecule has 1 N–H and O–H groups in total. The van der Waals surface area contributed by atoms with Gasteiger partial charge in [0.1, 0.15) is 12.4 Å². The topological polar surface area (TPSA) is 44.7 Å². The van der Waals surface area contributed by atoms with Crippen LogP contribution in [0.1, 0.15) is 20.8 Å². The standard InChI is InChI=1S/C8H15N3O/c1-8(2,3)6-7(12)9-5-11(4)10-6/h5H2,1-4H3,(H,9,12). The zero-order valence-corrected chi connectivity index (χ0v) is 8.01. The molecule has 1 amide bonds. The van der Waals surface area contributed by atoms with Gasteiger partial charge in [0.2, 0.25) is 0 Å². The molecule has 0 aromatic carbocycles. The van der Waals surface area contributed by atoms with Gasteiger partial charge in [0.05, 0.1) is 0 Å². The van der Waals surface area contributed by atoms with Gasteiger partial charge < -0.3 is 5.32 Å². The molecule has 0 spiro atoms. The number of carbonyl (C=O) groups excluding carboxylic acids is 1. The van der Waals surface area contributed by atoms with Crippen molar-refractivity contribution >= 4 is 11.6 Å². The van der Waals surface area contributed by atoms with Gasteiger partial charge in [0, 0.05) is 12.5 Å².